The van der Waals surface area contributed by atoms with Gasteiger partial charge in [0.15, 0.2) is 0 Å². The molecule has 0 aromatic heterocycles. The van der Waals surface area contributed by atoms with Crippen LogP contribution >= 0.6 is 11.6 Å². The van der Waals surface area contributed by atoms with Crippen molar-refractivity contribution in [3.8, 4) is 0 Å². The van der Waals surface area contributed by atoms with Gasteiger partial charge in [-0.1, -0.05) is 187 Å². The molecule has 0 unspecified atom stereocenters. The van der Waals surface area contributed by atoms with Gasteiger partial charge in [0.2, 0.25) is 5.24 Å². The predicted molar refractivity (Wildman–Crippen MR) is 155 cm³/mol. The maximum atomic E-state index is 10.7. The molecule has 0 spiro atoms. The van der Waals surface area contributed by atoms with Gasteiger partial charge in [0.05, 0.1) is 0 Å². The zero-order valence-corrected chi connectivity index (χ0v) is 24.3. The Balaban J connectivity index is 3.01. The van der Waals surface area contributed by atoms with Gasteiger partial charge in [-0.3, -0.25) is 4.79 Å². The third-order valence-electron chi connectivity index (χ3n) is 7.48. The van der Waals surface area contributed by atoms with Crippen molar-refractivity contribution in [3.05, 3.63) is 0 Å². The zero-order chi connectivity index (χ0) is 24.8. The number of carbonyl (C=O) groups excluding carboxylic acids is 1. The van der Waals surface area contributed by atoms with E-state index in [1.807, 2.05) is 0 Å². The second-order valence-corrected chi connectivity index (χ2v) is 11.4. The van der Waals surface area contributed by atoms with Crippen molar-refractivity contribution in [3.63, 3.8) is 0 Å². The number of carbonyl (C=O) groups is 1. The highest BCUT2D eigenvalue weighted by Gasteiger charge is 1.98. The molecule has 0 bridgehead atoms. The van der Waals surface area contributed by atoms with Crippen LogP contribution in [0.5, 0.6) is 0 Å². The van der Waals surface area contributed by atoms with Crippen LogP contribution in [-0.2, 0) is 4.79 Å². The van der Waals surface area contributed by atoms with Gasteiger partial charge in [0.25, 0.3) is 0 Å². The van der Waals surface area contributed by atoms with E-state index in [1.54, 1.807) is 0 Å². The van der Waals surface area contributed by atoms with Crippen LogP contribution in [0.4, 0.5) is 0 Å². The number of unbranched alkanes of at least 4 members (excludes halogenated alkanes) is 28. The molecule has 204 valence electrons. The smallest absolute Gasteiger partial charge is 0.221 e. The van der Waals surface area contributed by atoms with Gasteiger partial charge in [-0.05, 0) is 18.0 Å². The van der Waals surface area contributed by atoms with Gasteiger partial charge >= 0.3 is 0 Å². The highest BCUT2D eigenvalue weighted by Crippen LogP contribution is 2.16. The van der Waals surface area contributed by atoms with E-state index in [1.165, 1.54) is 173 Å². The Labute approximate surface area is 221 Å². The summed E-state index contributed by atoms with van der Waals surface area (Å²) in [6.07, 6.45) is 41.6. The fourth-order valence-electron chi connectivity index (χ4n) is 5.11. The molecular formula is C32H63ClO. The first-order valence-corrected chi connectivity index (χ1v) is 16.3. The van der Waals surface area contributed by atoms with Gasteiger partial charge in [-0.15, -0.1) is 0 Å². The van der Waals surface area contributed by atoms with E-state index in [0.29, 0.717) is 6.42 Å². The Bertz CT molecular complexity index is 381. The molecule has 0 aliphatic carbocycles. The van der Waals surface area contributed by atoms with Gasteiger partial charge in [0.1, 0.15) is 0 Å². The summed E-state index contributed by atoms with van der Waals surface area (Å²) in [4.78, 5) is 10.7. The first-order valence-electron chi connectivity index (χ1n) is 16.0. The average molecular weight is 499 g/mol. The number of rotatable bonds is 30. The molecule has 0 saturated heterocycles. The molecule has 0 aromatic carbocycles. The quantitative estimate of drug-likeness (QED) is 0.0710. The Morgan fingerprint density at radius 1 is 0.353 bits per heavy atom. The van der Waals surface area contributed by atoms with Crippen molar-refractivity contribution in [2.24, 2.45) is 0 Å². The first kappa shape index (κ1) is 34.0. The van der Waals surface area contributed by atoms with E-state index < -0.39 is 0 Å². The molecule has 0 amide bonds. The molecule has 0 aliphatic heterocycles. The molecule has 0 fully saturated rings. The molecule has 0 aliphatic rings. The number of hydrogen-bond donors (Lipinski definition) is 0. The minimum atomic E-state index is -0.176. The van der Waals surface area contributed by atoms with Crippen LogP contribution in [0.1, 0.15) is 200 Å². The summed E-state index contributed by atoms with van der Waals surface area (Å²) in [5.74, 6) is 0. The van der Waals surface area contributed by atoms with Crippen LogP contribution in [0.25, 0.3) is 0 Å². The topological polar surface area (TPSA) is 17.1 Å². The monoisotopic (exact) mass is 498 g/mol. The summed E-state index contributed by atoms with van der Waals surface area (Å²) in [5, 5.41) is -0.176. The Hall–Kier alpha value is -0.0400. The third kappa shape index (κ3) is 32.0. The average Bonchev–Trinajstić information content (AvgIpc) is 2.83. The second-order valence-electron chi connectivity index (χ2n) is 11.0. The Morgan fingerprint density at radius 2 is 0.529 bits per heavy atom. The summed E-state index contributed by atoms with van der Waals surface area (Å²) in [6, 6.07) is 0. The fourth-order valence-corrected chi connectivity index (χ4v) is 5.24. The standard InChI is InChI=1S/C32H63ClO/c1-2-3-4-5-6-7-8-9-10-11-12-13-14-15-16-17-18-19-20-21-22-23-24-25-26-27-28-29-30-31-32(33)34/h2-31H2,1H3. The molecule has 0 heterocycles. The molecule has 0 aromatic rings. The molecule has 0 radical (unpaired) electrons. The Morgan fingerprint density at radius 3 is 0.706 bits per heavy atom. The highest BCUT2D eigenvalue weighted by molar-refractivity contribution is 6.63. The summed E-state index contributed by atoms with van der Waals surface area (Å²) in [6.45, 7) is 2.30. The van der Waals surface area contributed by atoms with Gasteiger partial charge in [0, 0.05) is 6.42 Å². The Kier molecular flexibility index (Phi) is 31.0. The van der Waals surface area contributed by atoms with Gasteiger partial charge in [-0.25, -0.2) is 0 Å². The lowest BCUT2D eigenvalue weighted by molar-refractivity contribution is -0.111. The van der Waals surface area contributed by atoms with Crippen LogP contribution in [0, 0.1) is 0 Å². The maximum absolute atomic E-state index is 10.7. The minimum Gasteiger partial charge on any atom is -0.281 e. The zero-order valence-electron chi connectivity index (χ0n) is 23.5. The van der Waals surface area contributed by atoms with Gasteiger partial charge < -0.3 is 0 Å². The molecule has 34 heavy (non-hydrogen) atoms. The van der Waals surface area contributed by atoms with Crippen LogP contribution in [0.15, 0.2) is 0 Å². The van der Waals surface area contributed by atoms with Crippen molar-refractivity contribution in [1.29, 1.82) is 0 Å². The van der Waals surface area contributed by atoms with E-state index in [9.17, 15) is 4.79 Å². The number of halogens is 1. The van der Waals surface area contributed by atoms with E-state index >= 15 is 0 Å². The lowest BCUT2D eigenvalue weighted by atomic mass is 10.0. The van der Waals surface area contributed by atoms with E-state index in [-0.39, 0.29) is 5.24 Å². The molecule has 0 rings (SSSR count). The van der Waals surface area contributed by atoms with E-state index in [0.717, 1.165) is 12.8 Å². The lowest BCUT2D eigenvalue weighted by Gasteiger charge is -2.04. The van der Waals surface area contributed by atoms with E-state index in [2.05, 4.69) is 6.92 Å². The van der Waals surface area contributed by atoms with Gasteiger partial charge in [-0.2, -0.15) is 0 Å². The van der Waals surface area contributed by atoms with Crippen molar-refractivity contribution in [1.82, 2.24) is 0 Å². The molecule has 2 heteroatoms. The highest BCUT2D eigenvalue weighted by atomic mass is 35.5. The summed E-state index contributed by atoms with van der Waals surface area (Å²) < 4.78 is 0. The molecular weight excluding hydrogens is 436 g/mol. The minimum absolute atomic E-state index is 0.176. The van der Waals surface area contributed by atoms with Crippen LogP contribution < -0.4 is 0 Å². The normalized spacial score (nSPS) is 11.4. The third-order valence-corrected chi connectivity index (χ3v) is 7.67. The predicted octanol–water partition coefficient (Wildman–Crippen LogP) is 12.5. The molecule has 0 saturated carbocycles. The molecule has 0 atom stereocenters. The maximum Gasteiger partial charge on any atom is 0.221 e. The largest absolute Gasteiger partial charge is 0.281 e. The lowest BCUT2D eigenvalue weighted by Crippen LogP contribution is -1.86. The van der Waals surface area contributed by atoms with E-state index in [4.69, 9.17) is 11.6 Å². The summed E-state index contributed by atoms with van der Waals surface area (Å²) >= 11 is 5.35. The SMILES string of the molecule is CCCCCCCCCCCCCCCCCCCCCCCCCCCCCCCC(=O)Cl. The van der Waals surface area contributed by atoms with Crippen molar-refractivity contribution >= 4 is 16.8 Å². The fraction of sp³-hybridized carbons (Fsp3) is 0.969. The van der Waals surface area contributed by atoms with Crippen LogP contribution in [-0.4, -0.2) is 5.24 Å². The van der Waals surface area contributed by atoms with Crippen molar-refractivity contribution in [2.45, 2.75) is 200 Å². The van der Waals surface area contributed by atoms with Crippen molar-refractivity contribution in [2.75, 3.05) is 0 Å². The first-order chi connectivity index (χ1) is 16.8. The molecule has 1 nitrogen and oxygen atoms in total. The molecule has 0 N–H and O–H groups in total. The van der Waals surface area contributed by atoms with Crippen molar-refractivity contribution < 1.29 is 4.79 Å². The number of hydrogen-bond acceptors (Lipinski definition) is 1. The summed E-state index contributed by atoms with van der Waals surface area (Å²) in [5.41, 5.74) is 0. The summed E-state index contributed by atoms with van der Waals surface area (Å²) in [7, 11) is 0. The van der Waals surface area contributed by atoms with Crippen LogP contribution in [0.2, 0.25) is 0 Å². The van der Waals surface area contributed by atoms with Crippen LogP contribution in [0.3, 0.4) is 0 Å². The second kappa shape index (κ2) is 31.0.